The number of piperazine rings is 1. The lowest BCUT2D eigenvalue weighted by Gasteiger charge is -2.43. The van der Waals surface area contributed by atoms with Crippen molar-refractivity contribution in [3.05, 3.63) is 23.9 Å². The molecule has 15 heavy (non-hydrogen) atoms. The first-order chi connectivity index (χ1) is 7.36. The molecule has 1 saturated heterocycles. The van der Waals surface area contributed by atoms with Gasteiger partial charge >= 0.3 is 0 Å². The molecule has 1 aromatic heterocycles. The minimum atomic E-state index is 0.648. The molecule has 3 nitrogen and oxygen atoms in total. The Kier molecular flexibility index (Phi) is 2.13. The van der Waals surface area contributed by atoms with Crippen LogP contribution < -0.4 is 10.2 Å². The van der Waals surface area contributed by atoms with Crippen molar-refractivity contribution in [2.24, 2.45) is 0 Å². The van der Waals surface area contributed by atoms with E-state index in [1.165, 1.54) is 17.8 Å². The molecule has 3 heteroatoms. The van der Waals surface area contributed by atoms with Gasteiger partial charge in [-0.3, -0.25) is 0 Å². The minimum absolute atomic E-state index is 0.648. The van der Waals surface area contributed by atoms with Crippen molar-refractivity contribution >= 4 is 5.82 Å². The van der Waals surface area contributed by atoms with Crippen molar-refractivity contribution in [3.8, 4) is 0 Å². The lowest BCUT2D eigenvalue weighted by Crippen LogP contribution is -2.54. The Hall–Kier alpha value is -1.09. The zero-order valence-corrected chi connectivity index (χ0v) is 9.11. The maximum Gasteiger partial charge on any atom is 0.132 e. The number of aromatic nitrogens is 1. The van der Waals surface area contributed by atoms with Gasteiger partial charge < -0.3 is 10.2 Å². The summed E-state index contributed by atoms with van der Waals surface area (Å²) in [5, 5.41) is 3.47. The molecule has 2 unspecified atom stereocenters. The van der Waals surface area contributed by atoms with Gasteiger partial charge in [-0.15, -0.1) is 0 Å². The Morgan fingerprint density at radius 2 is 2.47 bits per heavy atom. The highest BCUT2D eigenvalue weighted by atomic mass is 15.3. The second kappa shape index (κ2) is 3.49. The average molecular weight is 203 g/mol. The van der Waals surface area contributed by atoms with Crippen LogP contribution in [-0.4, -0.2) is 30.7 Å². The fourth-order valence-electron chi connectivity index (χ4n) is 2.82. The van der Waals surface area contributed by atoms with Crippen LogP contribution in [0.3, 0.4) is 0 Å². The van der Waals surface area contributed by atoms with E-state index in [-0.39, 0.29) is 0 Å². The molecule has 0 amide bonds. The molecule has 80 valence electrons. The van der Waals surface area contributed by atoms with Crippen molar-refractivity contribution < 1.29 is 0 Å². The quantitative estimate of drug-likeness (QED) is 0.690. The predicted octanol–water partition coefficient (Wildman–Crippen LogP) is 1.37. The van der Waals surface area contributed by atoms with Crippen molar-refractivity contribution in [3.63, 3.8) is 0 Å². The molecule has 3 heterocycles. The normalized spacial score (nSPS) is 29.5. The van der Waals surface area contributed by atoms with Gasteiger partial charge in [-0.2, -0.15) is 0 Å². The van der Waals surface area contributed by atoms with E-state index in [1.54, 1.807) is 0 Å². The molecule has 0 radical (unpaired) electrons. The Bertz CT molecular complexity index is 364. The molecule has 0 aliphatic carbocycles. The van der Waals surface area contributed by atoms with Crippen molar-refractivity contribution in [2.45, 2.75) is 25.3 Å². The first-order valence-corrected chi connectivity index (χ1v) is 5.78. The van der Waals surface area contributed by atoms with E-state index in [1.807, 2.05) is 6.20 Å². The second-order valence-electron chi connectivity index (χ2n) is 4.60. The first-order valence-electron chi connectivity index (χ1n) is 5.78. The molecule has 2 atom stereocenters. The van der Waals surface area contributed by atoms with Gasteiger partial charge in [0, 0.05) is 31.9 Å². The number of hydrogen-bond acceptors (Lipinski definition) is 3. The van der Waals surface area contributed by atoms with Crippen LogP contribution in [0.15, 0.2) is 18.3 Å². The molecule has 1 fully saturated rings. The summed E-state index contributed by atoms with van der Waals surface area (Å²) in [6, 6.07) is 4.93. The van der Waals surface area contributed by atoms with Crippen LogP contribution in [0.5, 0.6) is 0 Å². The molecule has 0 bridgehead atoms. The maximum atomic E-state index is 4.55. The third-order valence-electron chi connectivity index (χ3n) is 3.60. The van der Waals surface area contributed by atoms with Gasteiger partial charge in [0.1, 0.15) is 5.82 Å². The first kappa shape index (κ1) is 9.16. The monoisotopic (exact) mass is 203 g/mol. The van der Waals surface area contributed by atoms with Crippen LogP contribution in [0.1, 0.15) is 24.8 Å². The van der Waals surface area contributed by atoms with E-state index >= 15 is 0 Å². The lowest BCUT2D eigenvalue weighted by molar-refractivity contribution is 0.410. The van der Waals surface area contributed by atoms with Crippen LogP contribution in [0, 0.1) is 0 Å². The highest BCUT2D eigenvalue weighted by Crippen LogP contribution is 2.36. The van der Waals surface area contributed by atoms with Crippen LogP contribution in [0.2, 0.25) is 0 Å². The zero-order valence-electron chi connectivity index (χ0n) is 9.11. The SMILES string of the molecule is CC1CC2CNCCN2c2ncccc21. The summed E-state index contributed by atoms with van der Waals surface area (Å²) in [7, 11) is 0. The van der Waals surface area contributed by atoms with Gasteiger partial charge in [0.2, 0.25) is 0 Å². The topological polar surface area (TPSA) is 28.2 Å². The number of anilines is 1. The molecule has 2 aliphatic heterocycles. The Labute approximate surface area is 90.5 Å². The fourth-order valence-corrected chi connectivity index (χ4v) is 2.82. The molecule has 0 aromatic carbocycles. The van der Waals surface area contributed by atoms with Crippen LogP contribution in [0.4, 0.5) is 5.82 Å². The van der Waals surface area contributed by atoms with Crippen LogP contribution in [-0.2, 0) is 0 Å². The molecular weight excluding hydrogens is 186 g/mol. The standard InChI is InChI=1S/C12H17N3/c1-9-7-10-8-13-5-6-15(10)12-11(9)3-2-4-14-12/h2-4,9-10,13H,5-8H2,1H3. The van der Waals surface area contributed by atoms with E-state index in [0.717, 1.165) is 19.6 Å². The summed E-state index contributed by atoms with van der Waals surface area (Å²) >= 11 is 0. The predicted molar refractivity (Wildman–Crippen MR) is 61.3 cm³/mol. The van der Waals surface area contributed by atoms with Gasteiger partial charge in [-0.1, -0.05) is 13.0 Å². The van der Waals surface area contributed by atoms with Gasteiger partial charge in [0.15, 0.2) is 0 Å². The summed E-state index contributed by atoms with van der Waals surface area (Å²) < 4.78 is 0. The van der Waals surface area contributed by atoms with Crippen molar-refractivity contribution in [1.82, 2.24) is 10.3 Å². The number of rotatable bonds is 0. The molecule has 2 aliphatic rings. The molecule has 0 saturated carbocycles. The maximum absolute atomic E-state index is 4.55. The highest BCUT2D eigenvalue weighted by Gasteiger charge is 2.32. The number of fused-ring (bicyclic) bond motifs is 3. The number of pyridine rings is 1. The second-order valence-corrected chi connectivity index (χ2v) is 4.60. The van der Waals surface area contributed by atoms with E-state index in [0.29, 0.717) is 12.0 Å². The van der Waals surface area contributed by atoms with Crippen molar-refractivity contribution in [2.75, 3.05) is 24.5 Å². The van der Waals surface area contributed by atoms with E-state index in [4.69, 9.17) is 0 Å². The summed E-state index contributed by atoms with van der Waals surface area (Å²) in [5.41, 5.74) is 1.43. The van der Waals surface area contributed by atoms with E-state index in [9.17, 15) is 0 Å². The van der Waals surface area contributed by atoms with Gasteiger partial charge in [-0.25, -0.2) is 4.98 Å². The largest absolute Gasteiger partial charge is 0.351 e. The summed E-state index contributed by atoms with van der Waals surface area (Å²) in [6.45, 7) is 5.61. The van der Waals surface area contributed by atoms with Gasteiger partial charge in [0.05, 0.1) is 0 Å². The Balaban J connectivity index is 2.03. The van der Waals surface area contributed by atoms with E-state index in [2.05, 4.69) is 34.3 Å². The minimum Gasteiger partial charge on any atom is -0.351 e. The summed E-state index contributed by atoms with van der Waals surface area (Å²) in [6.07, 6.45) is 3.17. The van der Waals surface area contributed by atoms with Gasteiger partial charge in [-0.05, 0) is 24.0 Å². The van der Waals surface area contributed by atoms with Crippen molar-refractivity contribution in [1.29, 1.82) is 0 Å². The number of nitrogens with one attached hydrogen (secondary N) is 1. The third-order valence-corrected chi connectivity index (χ3v) is 3.60. The van der Waals surface area contributed by atoms with Crippen LogP contribution >= 0.6 is 0 Å². The summed E-state index contributed by atoms with van der Waals surface area (Å²) in [5.74, 6) is 1.87. The van der Waals surface area contributed by atoms with E-state index < -0.39 is 0 Å². The fraction of sp³-hybridized carbons (Fsp3) is 0.583. The number of hydrogen-bond donors (Lipinski definition) is 1. The molecule has 0 spiro atoms. The Morgan fingerprint density at radius 3 is 3.40 bits per heavy atom. The third kappa shape index (κ3) is 1.42. The zero-order chi connectivity index (χ0) is 10.3. The Morgan fingerprint density at radius 1 is 1.53 bits per heavy atom. The smallest absolute Gasteiger partial charge is 0.132 e. The number of nitrogens with zero attached hydrogens (tertiary/aromatic N) is 2. The molecule has 1 aromatic rings. The average Bonchev–Trinajstić information content (AvgIpc) is 2.30. The highest BCUT2D eigenvalue weighted by molar-refractivity contribution is 5.52. The lowest BCUT2D eigenvalue weighted by atomic mass is 9.88. The molecular formula is C12H17N3. The van der Waals surface area contributed by atoms with Gasteiger partial charge in [0.25, 0.3) is 0 Å². The summed E-state index contributed by atoms with van der Waals surface area (Å²) in [4.78, 5) is 7.03. The molecule has 3 rings (SSSR count). The van der Waals surface area contributed by atoms with Crippen LogP contribution in [0.25, 0.3) is 0 Å². The molecule has 1 N–H and O–H groups in total.